The number of nitrogens with one attached hydrogen (secondary N) is 2. The first-order valence-electron chi connectivity index (χ1n) is 9.79. The molecule has 1 fully saturated rings. The van der Waals surface area contributed by atoms with Crippen LogP contribution in [0.5, 0.6) is 0 Å². The molecule has 32 heavy (non-hydrogen) atoms. The van der Waals surface area contributed by atoms with Crippen molar-refractivity contribution >= 4 is 40.7 Å². The molecular formula is C20H20ClF3N8. The topological polar surface area (TPSA) is 82.1 Å². The minimum atomic E-state index is -4.45. The molecule has 8 nitrogen and oxygen atoms in total. The molecule has 2 N–H and O–H groups in total. The van der Waals surface area contributed by atoms with Crippen molar-refractivity contribution in [3.05, 3.63) is 53.2 Å². The molecule has 2 aromatic heterocycles. The number of hydrogen-bond donors (Lipinski definition) is 2. The van der Waals surface area contributed by atoms with Gasteiger partial charge in [0.05, 0.1) is 11.8 Å². The van der Waals surface area contributed by atoms with Crippen LogP contribution in [0.15, 0.2) is 42.6 Å². The van der Waals surface area contributed by atoms with Crippen molar-refractivity contribution in [1.82, 2.24) is 25.1 Å². The Morgan fingerprint density at radius 1 is 1.00 bits per heavy atom. The Bertz CT molecular complexity index is 1070. The third-order valence-electron chi connectivity index (χ3n) is 4.91. The highest BCUT2D eigenvalue weighted by Crippen LogP contribution is 2.32. The summed E-state index contributed by atoms with van der Waals surface area (Å²) in [5.41, 5.74) is -0.579. The van der Waals surface area contributed by atoms with Gasteiger partial charge >= 0.3 is 6.18 Å². The number of likely N-dealkylation sites (N-methyl/N-ethyl adjacent to an activating group) is 1. The summed E-state index contributed by atoms with van der Waals surface area (Å²) in [6, 6.07) is 8.38. The number of piperazine rings is 1. The van der Waals surface area contributed by atoms with E-state index in [1.54, 1.807) is 6.07 Å². The number of hydrogen-bond acceptors (Lipinski definition) is 8. The van der Waals surface area contributed by atoms with Crippen LogP contribution >= 0.6 is 11.6 Å². The molecule has 0 saturated carbocycles. The summed E-state index contributed by atoms with van der Waals surface area (Å²) >= 11 is 6.12. The molecular weight excluding hydrogens is 445 g/mol. The molecule has 1 aliphatic heterocycles. The third kappa shape index (κ3) is 5.35. The van der Waals surface area contributed by atoms with E-state index in [4.69, 9.17) is 11.6 Å². The van der Waals surface area contributed by atoms with Gasteiger partial charge in [0.1, 0.15) is 5.02 Å². The van der Waals surface area contributed by atoms with Gasteiger partial charge in [-0.25, -0.2) is 4.98 Å². The van der Waals surface area contributed by atoms with Gasteiger partial charge in [0.2, 0.25) is 5.95 Å². The van der Waals surface area contributed by atoms with Crippen molar-refractivity contribution in [1.29, 1.82) is 0 Å². The summed E-state index contributed by atoms with van der Waals surface area (Å²) in [5.74, 6) is 1.54. The minimum absolute atomic E-state index is 0.157. The molecule has 168 valence electrons. The molecule has 3 aromatic rings. The fraction of sp³-hybridized carbons (Fsp3) is 0.300. The van der Waals surface area contributed by atoms with Crippen molar-refractivity contribution in [2.75, 3.05) is 48.8 Å². The maximum absolute atomic E-state index is 12.9. The van der Waals surface area contributed by atoms with Gasteiger partial charge in [-0.2, -0.15) is 18.2 Å². The first-order chi connectivity index (χ1) is 15.3. The van der Waals surface area contributed by atoms with Crippen LogP contribution in [0.25, 0.3) is 0 Å². The smallest absolute Gasteiger partial charge is 0.353 e. The molecule has 3 heterocycles. The largest absolute Gasteiger partial charge is 0.416 e. The lowest BCUT2D eigenvalue weighted by atomic mass is 10.2. The zero-order valence-corrected chi connectivity index (χ0v) is 17.8. The summed E-state index contributed by atoms with van der Waals surface area (Å²) in [6.07, 6.45) is -3.10. The molecule has 1 saturated heterocycles. The number of aromatic nitrogens is 4. The van der Waals surface area contributed by atoms with Crippen LogP contribution in [0, 0.1) is 0 Å². The van der Waals surface area contributed by atoms with E-state index in [9.17, 15) is 13.2 Å². The van der Waals surface area contributed by atoms with Crippen LogP contribution in [-0.4, -0.2) is 58.3 Å². The molecule has 0 unspecified atom stereocenters. The monoisotopic (exact) mass is 464 g/mol. The summed E-state index contributed by atoms with van der Waals surface area (Å²) in [5, 5.41) is 14.3. The first-order valence-corrected chi connectivity index (χ1v) is 10.2. The Morgan fingerprint density at radius 2 is 1.78 bits per heavy atom. The average molecular weight is 465 g/mol. The molecule has 1 aliphatic rings. The van der Waals surface area contributed by atoms with Crippen LogP contribution in [-0.2, 0) is 6.18 Å². The normalized spacial score (nSPS) is 15.0. The second-order valence-corrected chi connectivity index (χ2v) is 7.69. The minimum Gasteiger partial charge on any atom is -0.353 e. The van der Waals surface area contributed by atoms with E-state index >= 15 is 0 Å². The number of nitrogens with zero attached hydrogens (tertiary/aromatic N) is 6. The Morgan fingerprint density at radius 3 is 2.47 bits per heavy atom. The lowest BCUT2D eigenvalue weighted by molar-refractivity contribution is -0.137. The molecule has 0 amide bonds. The predicted octanol–water partition coefficient (Wildman–Crippen LogP) is 4.18. The molecule has 0 atom stereocenters. The standard InChI is InChI=1S/C20H20ClF3N8/c1-31-7-9-32(10-8-31)17-6-5-16(29-30-17)27-19-25-12-15(21)18(28-19)26-14-4-2-3-13(11-14)20(22,23)24/h2-6,11-12H,7-10H2,1H3,(H2,25,26,27,28,29). The Balaban J connectivity index is 1.46. The van der Waals surface area contributed by atoms with Crippen LogP contribution in [0.2, 0.25) is 5.02 Å². The van der Waals surface area contributed by atoms with Crippen molar-refractivity contribution in [3.8, 4) is 0 Å². The van der Waals surface area contributed by atoms with Gasteiger partial charge in [0, 0.05) is 31.9 Å². The molecule has 12 heteroatoms. The third-order valence-corrected chi connectivity index (χ3v) is 5.19. The second kappa shape index (κ2) is 9.13. The van der Waals surface area contributed by atoms with E-state index in [0.29, 0.717) is 5.82 Å². The molecule has 0 spiro atoms. The lowest BCUT2D eigenvalue weighted by Gasteiger charge is -2.32. The van der Waals surface area contributed by atoms with Crippen LogP contribution < -0.4 is 15.5 Å². The van der Waals surface area contributed by atoms with Gasteiger partial charge < -0.3 is 20.4 Å². The lowest BCUT2D eigenvalue weighted by Crippen LogP contribution is -2.44. The van der Waals surface area contributed by atoms with Gasteiger partial charge in [-0.05, 0) is 37.4 Å². The highest BCUT2D eigenvalue weighted by atomic mass is 35.5. The predicted molar refractivity (Wildman–Crippen MR) is 117 cm³/mol. The van der Waals surface area contributed by atoms with E-state index in [-0.39, 0.29) is 22.5 Å². The number of anilines is 5. The van der Waals surface area contributed by atoms with Crippen molar-refractivity contribution in [3.63, 3.8) is 0 Å². The van der Waals surface area contributed by atoms with Gasteiger partial charge in [-0.1, -0.05) is 17.7 Å². The molecule has 0 aliphatic carbocycles. The molecule has 4 rings (SSSR count). The molecule has 0 bridgehead atoms. The fourth-order valence-corrected chi connectivity index (χ4v) is 3.27. The van der Waals surface area contributed by atoms with Crippen LogP contribution in [0.4, 0.5) is 42.3 Å². The van der Waals surface area contributed by atoms with Crippen molar-refractivity contribution < 1.29 is 13.2 Å². The van der Waals surface area contributed by atoms with Crippen molar-refractivity contribution in [2.45, 2.75) is 6.18 Å². The quantitative estimate of drug-likeness (QED) is 0.582. The maximum Gasteiger partial charge on any atom is 0.416 e. The first kappa shape index (κ1) is 22.0. The van der Waals surface area contributed by atoms with Gasteiger partial charge in [0.15, 0.2) is 17.5 Å². The summed E-state index contributed by atoms with van der Waals surface area (Å²) in [7, 11) is 2.08. The Labute approximate surface area is 187 Å². The Hall–Kier alpha value is -3.18. The summed E-state index contributed by atoms with van der Waals surface area (Å²) in [6.45, 7) is 3.68. The van der Waals surface area contributed by atoms with Crippen LogP contribution in [0.1, 0.15) is 5.56 Å². The van der Waals surface area contributed by atoms with E-state index < -0.39 is 11.7 Å². The number of benzene rings is 1. The van der Waals surface area contributed by atoms with Crippen molar-refractivity contribution in [2.24, 2.45) is 0 Å². The van der Waals surface area contributed by atoms with Gasteiger partial charge in [-0.15, -0.1) is 10.2 Å². The van der Waals surface area contributed by atoms with Crippen LogP contribution in [0.3, 0.4) is 0 Å². The fourth-order valence-electron chi connectivity index (χ4n) is 3.14. The van der Waals surface area contributed by atoms with E-state index in [0.717, 1.165) is 44.1 Å². The Kier molecular flexibility index (Phi) is 6.28. The van der Waals surface area contributed by atoms with E-state index in [1.807, 2.05) is 6.07 Å². The SMILES string of the molecule is CN1CCN(c2ccc(Nc3ncc(Cl)c(Nc4cccc(C(F)(F)F)c4)n3)nn2)CC1. The highest BCUT2D eigenvalue weighted by molar-refractivity contribution is 6.32. The summed E-state index contributed by atoms with van der Waals surface area (Å²) < 4.78 is 38.8. The average Bonchev–Trinajstić information content (AvgIpc) is 2.77. The second-order valence-electron chi connectivity index (χ2n) is 7.29. The van der Waals surface area contributed by atoms with Gasteiger partial charge in [-0.3, -0.25) is 0 Å². The highest BCUT2D eigenvalue weighted by Gasteiger charge is 2.30. The van der Waals surface area contributed by atoms with E-state index in [2.05, 4.69) is 47.6 Å². The van der Waals surface area contributed by atoms with E-state index in [1.165, 1.54) is 18.3 Å². The molecule has 1 aromatic carbocycles. The zero-order chi connectivity index (χ0) is 22.7. The summed E-state index contributed by atoms with van der Waals surface area (Å²) in [4.78, 5) is 12.8. The van der Waals surface area contributed by atoms with Gasteiger partial charge in [0.25, 0.3) is 0 Å². The zero-order valence-electron chi connectivity index (χ0n) is 17.1. The number of halogens is 4. The number of rotatable bonds is 5. The number of alkyl halides is 3. The molecule has 0 radical (unpaired) electrons. The maximum atomic E-state index is 12.9.